The van der Waals surface area contributed by atoms with Gasteiger partial charge in [0.05, 0.1) is 12.8 Å². The summed E-state index contributed by atoms with van der Waals surface area (Å²) in [6.07, 6.45) is 0.813. The number of fused-ring (bicyclic) bond motifs is 4. The number of carbonyl (C=O) groups is 1. The van der Waals surface area contributed by atoms with Gasteiger partial charge in [-0.3, -0.25) is 19.6 Å². The van der Waals surface area contributed by atoms with Crippen molar-refractivity contribution in [2.75, 3.05) is 25.4 Å². The Kier molecular flexibility index (Phi) is 5.87. The molecular weight excluding hydrogens is 454 g/mol. The lowest BCUT2D eigenvalue weighted by Crippen LogP contribution is -2.50. The molecule has 2 aliphatic heterocycles. The summed E-state index contributed by atoms with van der Waals surface area (Å²) >= 11 is 0. The highest BCUT2D eigenvalue weighted by Crippen LogP contribution is 2.35. The average Bonchev–Trinajstić information content (AvgIpc) is 2.85. The summed E-state index contributed by atoms with van der Waals surface area (Å²) in [6.45, 7) is 0.977. The van der Waals surface area contributed by atoms with Crippen molar-refractivity contribution in [3.05, 3.63) is 80.1 Å². The standard InChI is InChI=1S/C24H24N5O6/c1-35-18-4-2-16(3-5-18)19-6-9-22(30)28(25-19)14-23(31)26-11-15-10-17(13-26)20-7-8-21(29(33)34)24(32)27(20)12-15/h2-9,15,17,33H,10-14H2,1H3/q-1. The number of piperidine rings is 1. The molecule has 1 N–H and O–H groups in total. The fraction of sp³-hybridized carbons (Fsp3) is 0.333. The molecule has 2 aliphatic rings. The van der Waals surface area contributed by atoms with Crippen LogP contribution in [0.3, 0.4) is 0 Å². The van der Waals surface area contributed by atoms with Gasteiger partial charge in [-0.25, -0.2) is 4.68 Å². The first-order valence-corrected chi connectivity index (χ1v) is 11.2. The summed E-state index contributed by atoms with van der Waals surface area (Å²) in [5.41, 5.74) is 0.843. The Balaban J connectivity index is 1.35. The molecule has 11 heteroatoms. The number of aromatic nitrogens is 3. The van der Waals surface area contributed by atoms with Gasteiger partial charge in [-0.2, -0.15) is 5.10 Å². The van der Waals surface area contributed by atoms with Gasteiger partial charge in [0.1, 0.15) is 18.0 Å². The number of nitrogens with zero attached hydrogens (tertiary/aromatic N) is 5. The third kappa shape index (κ3) is 4.31. The first-order chi connectivity index (χ1) is 16.8. The molecule has 1 aromatic carbocycles. The molecule has 3 aromatic rings. The van der Waals surface area contributed by atoms with Crippen LogP contribution < -0.4 is 21.1 Å². The first-order valence-electron chi connectivity index (χ1n) is 11.2. The van der Waals surface area contributed by atoms with Crippen LogP contribution >= 0.6 is 0 Å². The van der Waals surface area contributed by atoms with Crippen molar-refractivity contribution in [3.8, 4) is 17.0 Å². The Hall–Kier alpha value is -3.96. The van der Waals surface area contributed by atoms with Gasteiger partial charge in [0.2, 0.25) is 5.91 Å². The summed E-state index contributed by atoms with van der Waals surface area (Å²) in [6, 6.07) is 13.2. The number of rotatable bonds is 5. The number of carbonyl (C=O) groups excluding carboxylic acids is 1. The molecule has 1 saturated heterocycles. The van der Waals surface area contributed by atoms with E-state index >= 15 is 0 Å². The van der Waals surface area contributed by atoms with Crippen LogP contribution in [0.15, 0.2) is 58.1 Å². The molecule has 0 radical (unpaired) electrons. The van der Waals surface area contributed by atoms with E-state index in [1.54, 1.807) is 36.3 Å². The summed E-state index contributed by atoms with van der Waals surface area (Å²) in [7, 11) is 1.58. The Labute approximate surface area is 199 Å². The summed E-state index contributed by atoms with van der Waals surface area (Å²) in [4.78, 5) is 39.9. The Bertz CT molecular complexity index is 1380. The normalized spacial score (nSPS) is 18.7. The van der Waals surface area contributed by atoms with E-state index in [0.29, 0.717) is 31.1 Å². The molecule has 11 nitrogen and oxygen atoms in total. The van der Waals surface area contributed by atoms with E-state index in [4.69, 9.17) is 4.74 Å². The molecular formula is C24H24N5O6-. The molecule has 2 atom stereocenters. The lowest BCUT2D eigenvalue weighted by molar-refractivity contribution is -0.134. The van der Waals surface area contributed by atoms with E-state index in [9.17, 15) is 24.8 Å². The Morgan fingerprint density at radius 1 is 1.11 bits per heavy atom. The van der Waals surface area contributed by atoms with Crippen molar-refractivity contribution in [3.63, 3.8) is 0 Å². The van der Waals surface area contributed by atoms with Crippen LogP contribution in [0.5, 0.6) is 5.75 Å². The number of pyridine rings is 1. The lowest BCUT2D eigenvalue weighted by atomic mass is 9.83. The number of anilines is 1. The molecule has 2 unspecified atom stereocenters. The van der Waals surface area contributed by atoms with Crippen molar-refractivity contribution in [1.29, 1.82) is 0 Å². The fourth-order valence-electron chi connectivity index (χ4n) is 4.99. The summed E-state index contributed by atoms with van der Waals surface area (Å²) < 4.78 is 7.86. The second-order valence-electron chi connectivity index (χ2n) is 8.87. The third-order valence-electron chi connectivity index (χ3n) is 6.68. The van der Waals surface area contributed by atoms with E-state index in [1.165, 1.54) is 21.4 Å². The highest BCUT2D eigenvalue weighted by atomic mass is 16.8. The zero-order valence-electron chi connectivity index (χ0n) is 19.0. The van der Waals surface area contributed by atoms with Crippen molar-refractivity contribution < 1.29 is 14.7 Å². The van der Waals surface area contributed by atoms with Crippen molar-refractivity contribution >= 4 is 11.6 Å². The van der Waals surface area contributed by atoms with Gasteiger partial charge in [0, 0.05) is 42.9 Å². The van der Waals surface area contributed by atoms with Crippen LogP contribution in [0.25, 0.3) is 11.3 Å². The van der Waals surface area contributed by atoms with Gasteiger partial charge in [0.25, 0.3) is 11.1 Å². The summed E-state index contributed by atoms with van der Waals surface area (Å²) in [5, 5.41) is 24.4. The molecule has 1 fully saturated rings. The predicted molar refractivity (Wildman–Crippen MR) is 126 cm³/mol. The highest BCUT2D eigenvalue weighted by Gasteiger charge is 2.36. The molecule has 2 bridgehead atoms. The van der Waals surface area contributed by atoms with Crippen molar-refractivity contribution in [2.24, 2.45) is 5.92 Å². The maximum atomic E-state index is 13.2. The molecule has 182 valence electrons. The van der Waals surface area contributed by atoms with Crippen LogP contribution in [0.2, 0.25) is 0 Å². The monoisotopic (exact) mass is 478 g/mol. The van der Waals surface area contributed by atoms with Gasteiger partial charge in [0.15, 0.2) is 0 Å². The maximum Gasteiger partial charge on any atom is 0.275 e. The van der Waals surface area contributed by atoms with E-state index in [-0.39, 0.29) is 35.5 Å². The van der Waals surface area contributed by atoms with Crippen LogP contribution in [-0.2, 0) is 17.9 Å². The molecule has 0 saturated carbocycles. The van der Waals surface area contributed by atoms with Crippen LogP contribution in [-0.4, -0.2) is 50.6 Å². The van der Waals surface area contributed by atoms with E-state index in [1.807, 2.05) is 12.1 Å². The second-order valence-corrected chi connectivity index (χ2v) is 8.87. The molecule has 35 heavy (non-hydrogen) atoms. The Morgan fingerprint density at radius 2 is 1.89 bits per heavy atom. The number of benzene rings is 1. The fourth-order valence-corrected chi connectivity index (χ4v) is 4.99. The number of methoxy groups -OCH3 is 1. The van der Waals surface area contributed by atoms with Crippen LogP contribution in [0.4, 0.5) is 5.69 Å². The number of hydrogen-bond acceptors (Lipinski definition) is 8. The zero-order chi connectivity index (χ0) is 24.7. The Morgan fingerprint density at radius 3 is 2.60 bits per heavy atom. The average molecular weight is 478 g/mol. The quantitative estimate of drug-likeness (QED) is 0.545. The minimum absolute atomic E-state index is 0.0206. The molecule has 0 spiro atoms. The lowest BCUT2D eigenvalue weighted by Gasteiger charge is -2.43. The third-order valence-corrected chi connectivity index (χ3v) is 6.68. The van der Waals surface area contributed by atoms with Crippen molar-refractivity contribution in [2.45, 2.75) is 25.4 Å². The van der Waals surface area contributed by atoms with Gasteiger partial charge in [-0.15, -0.1) is 0 Å². The number of likely N-dealkylation sites (tertiary alicyclic amines) is 1. The van der Waals surface area contributed by atoms with Crippen LogP contribution in [0, 0.1) is 11.1 Å². The van der Waals surface area contributed by atoms with E-state index in [2.05, 4.69) is 5.10 Å². The minimum Gasteiger partial charge on any atom is -0.733 e. The second kappa shape index (κ2) is 9.01. The predicted octanol–water partition coefficient (Wildman–Crippen LogP) is 1.42. The van der Waals surface area contributed by atoms with E-state index in [0.717, 1.165) is 17.7 Å². The van der Waals surface area contributed by atoms with E-state index < -0.39 is 10.8 Å². The largest absolute Gasteiger partial charge is 0.733 e. The summed E-state index contributed by atoms with van der Waals surface area (Å²) in [5.74, 6) is 0.416. The zero-order valence-corrected chi connectivity index (χ0v) is 19.0. The van der Waals surface area contributed by atoms with Crippen LogP contribution in [0.1, 0.15) is 18.0 Å². The van der Waals surface area contributed by atoms with Gasteiger partial charge in [-0.1, -0.05) is 0 Å². The number of ether oxygens (including phenoxy) is 1. The van der Waals surface area contributed by atoms with Gasteiger partial charge < -0.3 is 24.6 Å². The maximum absolute atomic E-state index is 13.2. The van der Waals surface area contributed by atoms with Gasteiger partial charge in [-0.05, 0) is 54.8 Å². The minimum atomic E-state index is -0.541. The molecule has 0 aliphatic carbocycles. The first kappa shape index (κ1) is 22.8. The topological polar surface area (TPSA) is 133 Å². The van der Waals surface area contributed by atoms with Gasteiger partial charge >= 0.3 is 0 Å². The molecule has 4 heterocycles. The smallest absolute Gasteiger partial charge is 0.275 e. The van der Waals surface area contributed by atoms with Crippen molar-refractivity contribution in [1.82, 2.24) is 19.2 Å². The molecule has 5 rings (SSSR count). The molecule has 2 aromatic heterocycles. The molecule has 1 amide bonds. The SMILES string of the molecule is COc1ccc(-c2ccc(=O)n(CC(=O)N3CC4CC(C3)c3ccc(N([O-])O)c(=O)n3C4)n2)cc1. The highest BCUT2D eigenvalue weighted by molar-refractivity contribution is 5.76. The number of amides is 1. The number of hydrogen-bond donors (Lipinski definition) is 1.